The lowest BCUT2D eigenvalue weighted by molar-refractivity contribution is 0.477. The predicted octanol–water partition coefficient (Wildman–Crippen LogP) is 2.48. The molecule has 0 aliphatic heterocycles. The fourth-order valence-electron chi connectivity index (χ4n) is 1.13. The van der Waals surface area contributed by atoms with Gasteiger partial charge in [-0.05, 0) is 17.5 Å². The number of fused-ring (bicyclic) bond motifs is 1. The maximum absolute atomic E-state index is 9.35. The molecule has 62 valence electrons. The number of nitrogen functional groups attached to an aromatic ring is 1. The van der Waals surface area contributed by atoms with E-state index in [1.165, 1.54) is 0 Å². The minimum Gasteiger partial charge on any atom is -0.506 e. The normalized spacial score (nSPS) is 10.8. The van der Waals surface area contributed by atoms with Gasteiger partial charge in [0.1, 0.15) is 5.75 Å². The smallest absolute Gasteiger partial charge is 0.140 e. The van der Waals surface area contributed by atoms with Crippen LogP contribution in [0.1, 0.15) is 0 Å². The van der Waals surface area contributed by atoms with Gasteiger partial charge < -0.3 is 10.8 Å². The van der Waals surface area contributed by atoms with Crippen molar-refractivity contribution in [3.63, 3.8) is 0 Å². The number of anilines is 1. The molecule has 2 rings (SSSR count). The van der Waals surface area contributed by atoms with Gasteiger partial charge in [-0.15, -0.1) is 24.0 Å². The molecule has 3 N–H and O–H groups in total. The summed E-state index contributed by atoms with van der Waals surface area (Å²) in [5, 5.41) is 12.2. The first-order chi connectivity index (χ1) is 5.70. The van der Waals surface area contributed by atoms with Gasteiger partial charge in [0.25, 0.3) is 0 Å². The van der Waals surface area contributed by atoms with Gasteiger partial charge >= 0.3 is 0 Å². The van der Waals surface area contributed by atoms with Gasteiger partial charge in [0.15, 0.2) is 0 Å². The highest BCUT2D eigenvalue weighted by molar-refractivity contribution is 7.80. The van der Waals surface area contributed by atoms with Gasteiger partial charge in [-0.25, -0.2) is 0 Å². The van der Waals surface area contributed by atoms with Crippen LogP contribution >= 0.6 is 24.0 Å². The first-order valence-electron chi connectivity index (χ1n) is 3.38. The molecule has 2 nitrogen and oxygen atoms in total. The number of benzene rings is 1. The Morgan fingerprint density at radius 3 is 3.00 bits per heavy atom. The summed E-state index contributed by atoms with van der Waals surface area (Å²) in [6.07, 6.45) is 0. The third-order valence-electron chi connectivity index (χ3n) is 1.74. The van der Waals surface area contributed by atoms with Crippen LogP contribution in [0.15, 0.2) is 22.4 Å². The van der Waals surface area contributed by atoms with E-state index >= 15 is 0 Å². The molecule has 2 aromatic rings. The van der Waals surface area contributed by atoms with Crippen LogP contribution in [-0.4, -0.2) is 5.11 Å². The minimum atomic E-state index is 0.103. The Kier molecular flexibility index (Phi) is 1.66. The van der Waals surface area contributed by atoms with Crippen molar-refractivity contribution in [2.45, 2.75) is 4.90 Å². The highest BCUT2D eigenvalue weighted by atomic mass is 32.1. The standard InChI is InChI=1S/C8H7NOS2/c9-7-4-1-2-12-8(4)6(11)3-5(7)10/h1-3,10-11H,9H2. The van der Waals surface area contributed by atoms with Crippen molar-refractivity contribution in [3.8, 4) is 5.75 Å². The van der Waals surface area contributed by atoms with Crippen molar-refractivity contribution in [2.75, 3.05) is 5.73 Å². The number of nitrogens with two attached hydrogens (primary N) is 1. The van der Waals surface area contributed by atoms with Gasteiger partial charge in [-0.3, -0.25) is 0 Å². The Hall–Kier alpha value is -0.870. The zero-order valence-corrected chi connectivity index (χ0v) is 7.82. The summed E-state index contributed by atoms with van der Waals surface area (Å²) in [5.41, 5.74) is 6.09. The van der Waals surface area contributed by atoms with Gasteiger partial charge in [0.2, 0.25) is 0 Å². The number of thiophene rings is 1. The largest absolute Gasteiger partial charge is 0.506 e. The highest BCUT2D eigenvalue weighted by Crippen LogP contribution is 2.37. The van der Waals surface area contributed by atoms with E-state index in [9.17, 15) is 5.11 Å². The van der Waals surface area contributed by atoms with E-state index in [0.717, 1.165) is 15.0 Å². The second-order valence-electron chi connectivity index (χ2n) is 2.49. The fourth-order valence-corrected chi connectivity index (χ4v) is 2.36. The number of phenols is 1. The summed E-state index contributed by atoms with van der Waals surface area (Å²) in [7, 11) is 0. The molecule has 0 fully saturated rings. The molecule has 1 heterocycles. The third-order valence-corrected chi connectivity index (χ3v) is 3.19. The van der Waals surface area contributed by atoms with Crippen LogP contribution in [0.3, 0.4) is 0 Å². The van der Waals surface area contributed by atoms with E-state index in [-0.39, 0.29) is 5.75 Å². The molecule has 0 unspecified atom stereocenters. The molecule has 1 aromatic carbocycles. The summed E-state index contributed by atoms with van der Waals surface area (Å²) >= 11 is 5.80. The Labute approximate surface area is 79.0 Å². The average Bonchev–Trinajstić information content (AvgIpc) is 2.48. The summed E-state index contributed by atoms with van der Waals surface area (Å²) in [4.78, 5) is 0.770. The molecule has 0 aliphatic carbocycles. The predicted molar refractivity (Wildman–Crippen MR) is 55.2 cm³/mol. The van der Waals surface area contributed by atoms with Crippen molar-refractivity contribution in [2.24, 2.45) is 0 Å². The topological polar surface area (TPSA) is 46.2 Å². The summed E-state index contributed by atoms with van der Waals surface area (Å²) in [5.74, 6) is 0.103. The van der Waals surface area contributed by atoms with Crippen LogP contribution in [-0.2, 0) is 0 Å². The maximum Gasteiger partial charge on any atom is 0.140 e. The fraction of sp³-hybridized carbons (Fsp3) is 0. The first kappa shape index (κ1) is 7.76. The first-order valence-corrected chi connectivity index (χ1v) is 4.70. The van der Waals surface area contributed by atoms with Crippen molar-refractivity contribution in [3.05, 3.63) is 17.5 Å². The van der Waals surface area contributed by atoms with Gasteiger partial charge in [-0.2, -0.15) is 0 Å². The molecule has 0 spiro atoms. The number of aromatic hydroxyl groups is 1. The molecule has 0 amide bonds. The Morgan fingerprint density at radius 2 is 2.25 bits per heavy atom. The second kappa shape index (κ2) is 2.57. The van der Waals surface area contributed by atoms with E-state index < -0.39 is 0 Å². The molecule has 0 bridgehead atoms. The minimum absolute atomic E-state index is 0.103. The molecule has 0 aliphatic rings. The molecule has 1 aromatic heterocycles. The summed E-state index contributed by atoms with van der Waals surface area (Å²) in [6.45, 7) is 0. The molecule has 0 saturated carbocycles. The highest BCUT2D eigenvalue weighted by Gasteiger charge is 2.07. The van der Waals surface area contributed by atoms with Crippen LogP contribution in [0, 0.1) is 0 Å². The van der Waals surface area contributed by atoms with E-state index in [4.69, 9.17) is 5.73 Å². The monoisotopic (exact) mass is 197 g/mol. The van der Waals surface area contributed by atoms with Crippen molar-refractivity contribution in [1.82, 2.24) is 0 Å². The van der Waals surface area contributed by atoms with Crippen LogP contribution < -0.4 is 5.73 Å². The molecule has 12 heavy (non-hydrogen) atoms. The lowest BCUT2D eigenvalue weighted by atomic mass is 10.2. The van der Waals surface area contributed by atoms with Crippen LogP contribution in [0.25, 0.3) is 10.1 Å². The van der Waals surface area contributed by atoms with Crippen molar-refractivity contribution in [1.29, 1.82) is 0 Å². The average molecular weight is 197 g/mol. The van der Waals surface area contributed by atoms with E-state index in [0.29, 0.717) is 5.69 Å². The molecule has 0 radical (unpaired) electrons. The Balaban J connectivity index is 2.97. The number of hydrogen-bond donors (Lipinski definition) is 3. The van der Waals surface area contributed by atoms with Crippen LogP contribution in [0.4, 0.5) is 5.69 Å². The number of rotatable bonds is 0. The quantitative estimate of drug-likeness (QED) is 0.345. The van der Waals surface area contributed by atoms with Gasteiger partial charge in [0.05, 0.1) is 5.69 Å². The molecule has 0 atom stereocenters. The molecular formula is C8H7NOS2. The number of hydrogen-bond acceptors (Lipinski definition) is 4. The van der Waals surface area contributed by atoms with Gasteiger partial charge in [0, 0.05) is 15.0 Å². The SMILES string of the molecule is Nc1c(O)cc(S)c2sccc12. The zero-order chi connectivity index (χ0) is 8.72. The number of thiol groups is 1. The van der Waals surface area contributed by atoms with E-state index in [2.05, 4.69) is 12.6 Å². The van der Waals surface area contributed by atoms with E-state index in [1.54, 1.807) is 17.4 Å². The van der Waals surface area contributed by atoms with Crippen LogP contribution in [0.5, 0.6) is 5.75 Å². The lowest BCUT2D eigenvalue weighted by Crippen LogP contribution is -1.86. The summed E-state index contributed by atoms with van der Waals surface area (Å²) in [6, 6.07) is 3.45. The second-order valence-corrected chi connectivity index (χ2v) is 3.89. The molecule has 0 saturated heterocycles. The molecule has 4 heteroatoms. The number of phenolic OH excluding ortho intramolecular Hbond substituents is 1. The van der Waals surface area contributed by atoms with Crippen molar-refractivity contribution < 1.29 is 5.11 Å². The third kappa shape index (κ3) is 0.956. The maximum atomic E-state index is 9.35. The molecular weight excluding hydrogens is 190 g/mol. The van der Waals surface area contributed by atoms with Crippen molar-refractivity contribution >= 4 is 39.7 Å². The Morgan fingerprint density at radius 1 is 1.50 bits per heavy atom. The lowest BCUT2D eigenvalue weighted by Gasteiger charge is -2.01. The summed E-state index contributed by atoms with van der Waals surface area (Å²) < 4.78 is 1.02. The van der Waals surface area contributed by atoms with E-state index in [1.807, 2.05) is 11.4 Å². The Bertz CT molecular complexity index is 436. The van der Waals surface area contributed by atoms with Gasteiger partial charge in [-0.1, -0.05) is 0 Å². The zero-order valence-electron chi connectivity index (χ0n) is 6.11. The van der Waals surface area contributed by atoms with Crippen LogP contribution in [0.2, 0.25) is 0 Å².